The van der Waals surface area contributed by atoms with Crippen LogP contribution in [0.1, 0.15) is 15.9 Å². The maximum absolute atomic E-state index is 13.6. The largest absolute Gasteiger partial charge is 0.416 e. The molecule has 0 aliphatic rings. The number of ether oxygens (including phenoxy) is 1. The van der Waals surface area contributed by atoms with Crippen LogP contribution < -0.4 is 16.0 Å². The molecule has 2 aromatic carbocycles. The number of nitrogens with two attached hydrogens (primary N) is 1. The van der Waals surface area contributed by atoms with Gasteiger partial charge in [0.05, 0.1) is 5.56 Å². The Bertz CT molecular complexity index is 819. The summed E-state index contributed by atoms with van der Waals surface area (Å²) in [5.41, 5.74) is 0.284. The Kier molecular flexibility index (Phi) is 6.26. The second-order valence-corrected chi connectivity index (χ2v) is 4.97. The number of amides is 1. The summed E-state index contributed by atoms with van der Waals surface area (Å²) >= 11 is 0. The van der Waals surface area contributed by atoms with Gasteiger partial charge in [0.15, 0.2) is 11.6 Å². The molecule has 2 aromatic rings. The number of carbonyl (C=O) groups is 2. The van der Waals surface area contributed by atoms with E-state index in [9.17, 15) is 27.2 Å². The molecule has 1 amide bonds. The molecular weight excluding hydrogens is 360 g/mol. The van der Waals surface area contributed by atoms with Crippen molar-refractivity contribution in [2.24, 2.45) is 5.90 Å². The molecular formula is C16H12F4N2O4. The van der Waals surface area contributed by atoms with Gasteiger partial charge in [0.25, 0.3) is 0 Å². The molecule has 0 atom stereocenters. The molecule has 0 radical (unpaired) electrons. The Morgan fingerprint density at radius 2 is 1.69 bits per heavy atom. The third-order valence-electron chi connectivity index (χ3n) is 3.13. The first-order valence-electron chi connectivity index (χ1n) is 7.06. The van der Waals surface area contributed by atoms with Gasteiger partial charge in [0, 0.05) is 12.6 Å². The third kappa shape index (κ3) is 4.55. The van der Waals surface area contributed by atoms with Crippen molar-refractivity contribution in [3.63, 3.8) is 0 Å². The topological polar surface area (TPSA) is 90.6 Å². The highest BCUT2D eigenvalue weighted by atomic mass is 19.2. The number of nitrogens with one attached hydrogen (secondary N) is 1. The summed E-state index contributed by atoms with van der Waals surface area (Å²) in [6, 6.07) is 5.47. The van der Waals surface area contributed by atoms with E-state index in [1.165, 1.54) is 18.2 Å². The van der Waals surface area contributed by atoms with Crippen molar-refractivity contribution in [2.75, 3.05) is 6.61 Å². The van der Waals surface area contributed by atoms with E-state index in [1.54, 1.807) is 6.07 Å². The number of esters is 1. The van der Waals surface area contributed by atoms with Gasteiger partial charge in [-0.25, -0.2) is 19.5 Å². The van der Waals surface area contributed by atoms with Crippen LogP contribution in [0.2, 0.25) is 0 Å². The predicted molar refractivity (Wildman–Crippen MR) is 79.7 cm³/mol. The Morgan fingerprint density at radius 3 is 2.31 bits per heavy atom. The van der Waals surface area contributed by atoms with E-state index >= 15 is 0 Å². The van der Waals surface area contributed by atoms with Crippen molar-refractivity contribution in [1.82, 2.24) is 5.32 Å². The monoisotopic (exact) mass is 372 g/mol. The van der Waals surface area contributed by atoms with Crippen molar-refractivity contribution in [2.45, 2.75) is 6.54 Å². The van der Waals surface area contributed by atoms with E-state index in [4.69, 9.17) is 5.90 Å². The summed E-state index contributed by atoms with van der Waals surface area (Å²) in [6.45, 7) is -0.369. The van der Waals surface area contributed by atoms with Crippen molar-refractivity contribution in [3.8, 4) is 5.75 Å². The van der Waals surface area contributed by atoms with Gasteiger partial charge in [-0.05, 0) is 17.7 Å². The Morgan fingerprint density at radius 1 is 1.04 bits per heavy atom. The lowest BCUT2D eigenvalue weighted by molar-refractivity contribution is -0.125. The van der Waals surface area contributed by atoms with Crippen molar-refractivity contribution < 1.29 is 36.7 Å². The van der Waals surface area contributed by atoms with Crippen LogP contribution in [0.15, 0.2) is 30.3 Å². The van der Waals surface area contributed by atoms with E-state index in [0.717, 1.165) is 0 Å². The van der Waals surface area contributed by atoms with Gasteiger partial charge in [-0.1, -0.05) is 12.1 Å². The maximum atomic E-state index is 13.6. The zero-order valence-electron chi connectivity index (χ0n) is 13.0. The van der Waals surface area contributed by atoms with Gasteiger partial charge >= 0.3 is 5.97 Å². The molecule has 0 saturated carbocycles. The molecule has 0 spiro atoms. The lowest BCUT2D eigenvalue weighted by Crippen LogP contribution is -2.28. The minimum Gasteiger partial charge on any atom is -0.416 e. The normalized spacial score (nSPS) is 10.5. The molecule has 6 nitrogen and oxygen atoms in total. The number of hydrogen-bond donors (Lipinski definition) is 2. The van der Waals surface area contributed by atoms with Crippen molar-refractivity contribution in [1.29, 1.82) is 0 Å². The van der Waals surface area contributed by atoms with Gasteiger partial charge in [-0.15, -0.1) is 0 Å². The lowest BCUT2D eigenvalue weighted by Gasteiger charge is -2.09. The molecule has 3 N–H and O–H groups in total. The minimum absolute atomic E-state index is 0.000624. The second-order valence-electron chi connectivity index (χ2n) is 4.97. The zero-order valence-corrected chi connectivity index (χ0v) is 13.0. The molecule has 0 bridgehead atoms. The SMILES string of the molecule is NOCC(=O)NCc1cccc(C(=O)Oc2c(F)c(F)cc(F)c2F)c1. The number of halogens is 4. The molecule has 0 saturated heterocycles. The van der Waals surface area contributed by atoms with Gasteiger partial charge in [-0.3, -0.25) is 9.63 Å². The summed E-state index contributed by atoms with van der Waals surface area (Å²) in [7, 11) is 0. The predicted octanol–water partition coefficient (Wildman–Crippen LogP) is 1.97. The lowest BCUT2D eigenvalue weighted by atomic mass is 10.1. The molecule has 0 fully saturated rings. The Labute approximate surface area is 144 Å². The van der Waals surface area contributed by atoms with Crippen molar-refractivity contribution >= 4 is 11.9 Å². The molecule has 0 unspecified atom stereocenters. The number of rotatable bonds is 6. The smallest absolute Gasteiger partial charge is 0.343 e. The van der Waals surface area contributed by atoms with Gasteiger partial charge in [-0.2, -0.15) is 8.78 Å². The van der Waals surface area contributed by atoms with Crippen LogP contribution in [0.25, 0.3) is 0 Å². The number of benzene rings is 2. The molecule has 0 heterocycles. The molecule has 2 rings (SSSR count). The van der Waals surface area contributed by atoms with Crippen LogP contribution in [0.5, 0.6) is 5.75 Å². The first kappa shape index (κ1) is 19.3. The fraction of sp³-hybridized carbons (Fsp3) is 0.125. The van der Waals surface area contributed by atoms with Crippen LogP contribution in [0.4, 0.5) is 17.6 Å². The van der Waals surface area contributed by atoms with Gasteiger partial charge in [0.2, 0.25) is 23.3 Å². The Hall–Kier alpha value is -2.98. The molecule has 26 heavy (non-hydrogen) atoms. The number of carbonyl (C=O) groups excluding carboxylic acids is 2. The standard InChI is InChI=1S/C16H12F4N2O4/c17-10-5-11(18)14(20)15(13(10)19)26-16(24)9-3-1-2-8(4-9)6-22-12(23)7-25-21/h1-5H,6-7,21H2,(H,22,23). The van der Waals surface area contributed by atoms with Crippen LogP contribution in [-0.4, -0.2) is 18.5 Å². The summed E-state index contributed by atoms with van der Waals surface area (Å²) in [4.78, 5) is 27.4. The average Bonchev–Trinajstić information content (AvgIpc) is 2.62. The highest BCUT2D eigenvalue weighted by Crippen LogP contribution is 2.27. The van der Waals surface area contributed by atoms with E-state index in [2.05, 4.69) is 14.9 Å². The van der Waals surface area contributed by atoms with Crippen LogP contribution in [-0.2, 0) is 16.2 Å². The summed E-state index contributed by atoms with van der Waals surface area (Å²) < 4.78 is 57.8. The molecule has 138 valence electrons. The molecule has 0 aliphatic carbocycles. The van der Waals surface area contributed by atoms with E-state index < -0.39 is 40.9 Å². The molecule has 0 aromatic heterocycles. The highest BCUT2D eigenvalue weighted by Gasteiger charge is 2.23. The zero-order chi connectivity index (χ0) is 19.3. The highest BCUT2D eigenvalue weighted by molar-refractivity contribution is 5.91. The van der Waals surface area contributed by atoms with Gasteiger partial charge in [0.1, 0.15) is 6.61 Å². The summed E-state index contributed by atoms with van der Waals surface area (Å²) in [5, 5.41) is 2.43. The molecule has 0 aliphatic heterocycles. The van der Waals surface area contributed by atoms with Crippen LogP contribution in [0, 0.1) is 23.3 Å². The summed E-state index contributed by atoms with van der Waals surface area (Å²) in [6.07, 6.45) is 0. The number of hydrogen-bond acceptors (Lipinski definition) is 5. The maximum Gasteiger partial charge on any atom is 0.343 e. The third-order valence-corrected chi connectivity index (χ3v) is 3.13. The van der Waals surface area contributed by atoms with Crippen molar-refractivity contribution in [3.05, 3.63) is 64.7 Å². The first-order valence-corrected chi connectivity index (χ1v) is 7.06. The van der Waals surface area contributed by atoms with Crippen LogP contribution in [0.3, 0.4) is 0 Å². The fourth-order valence-corrected chi connectivity index (χ4v) is 1.93. The quantitative estimate of drug-likeness (QED) is 0.266. The van der Waals surface area contributed by atoms with Crippen LogP contribution >= 0.6 is 0 Å². The van der Waals surface area contributed by atoms with E-state index in [-0.39, 0.29) is 24.8 Å². The Balaban J connectivity index is 2.16. The average molecular weight is 372 g/mol. The van der Waals surface area contributed by atoms with Gasteiger partial charge < -0.3 is 10.1 Å². The van der Waals surface area contributed by atoms with E-state index in [0.29, 0.717) is 5.56 Å². The molecule has 10 heteroatoms. The van der Waals surface area contributed by atoms with E-state index in [1.807, 2.05) is 0 Å². The second kappa shape index (κ2) is 8.41. The first-order chi connectivity index (χ1) is 12.3. The summed E-state index contributed by atoms with van der Waals surface area (Å²) in [5.74, 6) is -5.56. The fourth-order valence-electron chi connectivity index (χ4n) is 1.93. The minimum atomic E-state index is -1.83.